The molecule has 0 aliphatic carbocycles. The highest BCUT2D eigenvalue weighted by Gasteiger charge is 2.34. The fraction of sp³-hybridized carbons (Fsp3) is 0.0714. The fourth-order valence-corrected chi connectivity index (χ4v) is 3.50. The number of rotatable bonds is 4. The number of hydrogen-bond acceptors (Lipinski definition) is 4. The lowest BCUT2D eigenvalue weighted by molar-refractivity contribution is -0.137. The highest BCUT2D eigenvalue weighted by Crippen LogP contribution is 2.36. The van der Waals surface area contributed by atoms with E-state index in [2.05, 4.69) is 16.0 Å². The van der Waals surface area contributed by atoms with Crippen molar-refractivity contribution in [3.8, 4) is 0 Å². The van der Waals surface area contributed by atoms with Crippen molar-refractivity contribution in [3.63, 3.8) is 0 Å². The minimum absolute atomic E-state index is 0.00459. The molecule has 0 heterocycles. The van der Waals surface area contributed by atoms with Crippen molar-refractivity contribution in [2.24, 2.45) is 0 Å². The predicted octanol–water partition coefficient (Wildman–Crippen LogP) is 8.12. The summed E-state index contributed by atoms with van der Waals surface area (Å²) >= 11 is 5.69. The molecule has 0 aromatic heterocycles. The van der Waals surface area contributed by atoms with Gasteiger partial charge in [0.05, 0.1) is 11.1 Å². The number of nitrogens with one attached hydrogen (secondary N) is 3. The third-order valence-electron chi connectivity index (χ3n) is 5.37. The van der Waals surface area contributed by atoms with Gasteiger partial charge in [-0.25, -0.2) is 4.79 Å². The summed E-state index contributed by atoms with van der Waals surface area (Å²) in [5.41, 5.74) is 8.63. The lowest BCUT2D eigenvalue weighted by Crippen LogP contribution is -2.20. The Hall–Kier alpha value is -4.91. The van der Waals surface area contributed by atoms with Crippen LogP contribution in [0.3, 0.4) is 0 Å². The molecule has 4 aromatic rings. The van der Waals surface area contributed by atoms with Crippen molar-refractivity contribution in [3.05, 3.63) is 113 Å². The molecule has 0 saturated carbocycles. The molecule has 0 unspecified atom stereocenters. The molecule has 7 nitrogen and oxygen atoms in total. The van der Waals surface area contributed by atoms with Gasteiger partial charge in [0, 0.05) is 39.0 Å². The Kier molecular flexibility index (Phi) is 9.91. The Morgan fingerprint density at radius 2 is 1.05 bits per heavy atom. The molecule has 0 fully saturated rings. The molecular weight excluding hydrogens is 588 g/mol. The number of halogens is 7. The fourth-order valence-electron chi connectivity index (χ4n) is 3.38. The first kappa shape index (κ1) is 31.6. The molecule has 4 rings (SSSR count). The van der Waals surface area contributed by atoms with Gasteiger partial charge in [-0.15, -0.1) is 0 Å². The van der Waals surface area contributed by atoms with Crippen LogP contribution in [-0.2, 0) is 12.4 Å². The molecule has 0 bridgehead atoms. The zero-order chi connectivity index (χ0) is 31.1. The summed E-state index contributed by atoms with van der Waals surface area (Å²) in [7, 11) is 0. The number of amides is 3. The highest BCUT2D eigenvalue weighted by atomic mass is 35.5. The molecule has 0 aliphatic rings. The molecule has 0 aliphatic heterocycles. The quantitative estimate of drug-likeness (QED) is 0.118. The average Bonchev–Trinajstić information content (AvgIpc) is 2.91. The second-order valence-corrected chi connectivity index (χ2v) is 8.94. The SMILES string of the molecule is Nc1ccc(NC(=O)Nc2ccccc2)cc1C(F)(F)F.Nc1ccc(NC(=O)c2ccc(Cl)cc2)cc1C(F)(F)F. The lowest BCUT2D eigenvalue weighted by atomic mass is 10.1. The number of carbonyl (C=O) groups is 2. The van der Waals surface area contributed by atoms with Gasteiger partial charge in [-0.1, -0.05) is 29.8 Å². The zero-order valence-electron chi connectivity index (χ0n) is 21.3. The Morgan fingerprint density at radius 3 is 1.52 bits per heavy atom. The smallest absolute Gasteiger partial charge is 0.398 e. The summed E-state index contributed by atoms with van der Waals surface area (Å²) < 4.78 is 76.3. The lowest BCUT2D eigenvalue weighted by Gasteiger charge is -2.13. The summed E-state index contributed by atoms with van der Waals surface area (Å²) in [6.07, 6.45) is -9.15. The van der Waals surface area contributed by atoms with Crippen LogP contribution in [0.15, 0.2) is 91.0 Å². The molecule has 220 valence electrons. The van der Waals surface area contributed by atoms with Crippen LogP contribution in [0.1, 0.15) is 21.5 Å². The number of hydrogen-bond donors (Lipinski definition) is 5. The van der Waals surface area contributed by atoms with Crippen LogP contribution in [0.2, 0.25) is 5.02 Å². The van der Waals surface area contributed by atoms with Crippen LogP contribution in [0, 0.1) is 0 Å². The molecule has 0 radical (unpaired) electrons. The topological polar surface area (TPSA) is 122 Å². The Labute approximate surface area is 240 Å². The number of nitrogens with two attached hydrogens (primary N) is 2. The van der Waals surface area contributed by atoms with E-state index in [-0.39, 0.29) is 16.9 Å². The maximum absolute atomic E-state index is 12.7. The Bertz CT molecular complexity index is 1550. The second-order valence-electron chi connectivity index (χ2n) is 8.51. The van der Waals surface area contributed by atoms with Gasteiger partial charge in [-0.3, -0.25) is 4.79 Å². The number of carbonyl (C=O) groups excluding carboxylic acids is 2. The van der Waals surface area contributed by atoms with Crippen molar-refractivity contribution in [1.82, 2.24) is 0 Å². The maximum Gasteiger partial charge on any atom is 0.418 e. The van der Waals surface area contributed by atoms with Gasteiger partial charge in [0.1, 0.15) is 0 Å². The van der Waals surface area contributed by atoms with E-state index in [1.54, 1.807) is 30.3 Å². The molecule has 0 atom stereocenters. The van der Waals surface area contributed by atoms with Crippen molar-refractivity contribution < 1.29 is 35.9 Å². The van der Waals surface area contributed by atoms with Gasteiger partial charge in [-0.05, 0) is 72.8 Å². The largest absolute Gasteiger partial charge is 0.418 e. The third kappa shape index (κ3) is 9.06. The number of urea groups is 1. The van der Waals surface area contributed by atoms with E-state index in [4.69, 9.17) is 23.1 Å². The van der Waals surface area contributed by atoms with Gasteiger partial charge in [0.15, 0.2) is 0 Å². The summed E-state index contributed by atoms with van der Waals surface area (Å²) in [5, 5.41) is 7.66. The van der Waals surface area contributed by atoms with E-state index in [9.17, 15) is 35.9 Å². The summed E-state index contributed by atoms with van der Waals surface area (Å²) in [5.74, 6) is -0.537. The highest BCUT2D eigenvalue weighted by molar-refractivity contribution is 6.30. The molecular formula is C28H22ClF6N5O2. The van der Waals surface area contributed by atoms with Crippen LogP contribution in [-0.4, -0.2) is 11.9 Å². The van der Waals surface area contributed by atoms with Gasteiger partial charge in [0.2, 0.25) is 0 Å². The van der Waals surface area contributed by atoms with Crippen LogP contribution < -0.4 is 27.4 Å². The number of benzene rings is 4. The van der Waals surface area contributed by atoms with E-state index >= 15 is 0 Å². The molecule has 3 amide bonds. The molecule has 0 spiro atoms. The number of anilines is 5. The molecule has 7 N–H and O–H groups in total. The normalized spacial score (nSPS) is 11.1. The number of nitrogen functional groups attached to an aromatic ring is 2. The summed E-state index contributed by atoms with van der Waals surface area (Å²) in [6, 6.07) is 20.3. The second kappa shape index (κ2) is 13.2. The van der Waals surface area contributed by atoms with E-state index in [1.807, 2.05) is 0 Å². The number of para-hydroxylation sites is 1. The monoisotopic (exact) mass is 609 g/mol. The van der Waals surface area contributed by atoms with E-state index < -0.39 is 46.8 Å². The third-order valence-corrected chi connectivity index (χ3v) is 5.62. The molecule has 14 heteroatoms. The molecule has 42 heavy (non-hydrogen) atoms. The standard InChI is InChI=1S/C14H10ClF3N2O.C14H12F3N3O/c15-9-3-1-8(2-4-9)13(21)20-10-5-6-12(19)11(7-10)14(16,17)18;15-14(16,17)11-8-10(6-7-12(11)18)20-13(21)19-9-4-2-1-3-5-9/h1-7H,19H2,(H,20,21);1-8H,18H2,(H2,19,20,21). The summed E-state index contributed by atoms with van der Waals surface area (Å²) in [4.78, 5) is 23.6. The van der Waals surface area contributed by atoms with E-state index in [0.29, 0.717) is 10.7 Å². The minimum Gasteiger partial charge on any atom is -0.398 e. The molecule has 0 saturated heterocycles. The van der Waals surface area contributed by atoms with Crippen molar-refractivity contribution in [1.29, 1.82) is 0 Å². The Morgan fingerprint density at radius 1 is 0.595 bits per heavy atom. The average molecular weight is 610 g/mol. The van der Waals surface area contributed by atoms with Crippen molar-refractivity contribution in [2.45, 2.75) is 12.4 Å². The van der Waals surface area contributed by atoms with Crippen molar-refractivity contribution >= 4 is 52.0 Å². The Balaban J connectivity index is 0.000000230. The first-order chi connectivity index (χ1) is 19.6. The maximum atomic E-state index is 12.7. The number of alkyl halides is 6. The molecule has 4 aromatic carbocycles. The van der Waals surface area contributed by atoms with Crippen molar-refractivity contribution in [2.75, 3.05) is 27.4 Å². The van der Waals surface area contributed by atoms with E-state index in [0.717, 1.165) is 24.3 Å². The van der Waals surface area contributed by atoms with E-state index in [1.165, 1.54) is 36.4 Å². The first-order valence-corrected chi connectivity index (χ1v) is 12.1. The van der Waals surface area contributed by atoms with Gasteiger partial charge in [0.25, 0.3) is 5.91 Å². The minimum atomic E-state index is -4.58. The van der Waals surface area contributed by atoms with Gasteiger partial charge in [-0.2, -0.15) is 26.3 Å². The van der Waals surface area contributed by atoms with Crippen LogP contribution in [0.4, 0.5) is 59.6 Å². The first-order valence-electron chi connectivity index (χ1n) is 11.8. The van der Waals surface area contributed by atoms with Gasteiger partial charge >= 0.3 is 18.4 Å². The van der Waals surface area contributed by atoms with Crippen LogP contribution in [0.5, 0.6) is 0 Å². The van der Waals surface area contributed by atoms with Gasteiger partial charge < -0.3 is 27.4 Å². The van der Waals surface area contributed by atoms with Crippen LogP contribution in [0.25, 0.3) is 0 Å². The predicted molar refractivity (Wildman–Crippen MR) is 150 cm³/mol. The summed E-state index contributed by atoms with van der Waals surface area (Å²) in [6.45, 7) is 0. The van der Waals surface area contributed by atoms with Crippen LogP contribution >= 0.6 is 11.6 Å². The zero-order valence-corrected chi connectivity index (χ0v) is 22.0.